The Hall–Kier alpha value is -2.53. The molecule has 0 amide bonds. The zero-order valence-corrected chi connectivity index (χ0v) is 19.7. The first kappa shape index (κ1) is 24.5. The molecule has 0 unspecified atom stereocenters. The first-order chi connectivity index (χ1) is 13.9. The Labute approximate surface area is 178 Å². The third-order valence-electron chi connectivity index (χ3n) is 5.50. The Morgan fingerprint density at radius 3 is 2.10 bits per heavy atom. The Balaban J connectivity index is 0.000000749. The third kappa shape index (κ3) is 6.23. The normalized spacial score (nSPS) is 11.1. The molecule has 0 saturated heterocycles. The number of unbranched alkanes of at least 4 members (excludes halogenated alkanes) is 2. The number of allylic oxidation sites excluding steroid dienone is 1. The molecular formula is C27H38N2. The van der Waals surface area contributed by atoms with Gasteiger partial charge >= 0.3 is 0 Å². The Morgan fingerprint density at radius 2 is 1.62 bits per heavy atom. The second kappa shape index (κ2) is 12.1. The Morgan fingerprint density at radius 1 is 0.966 bits per heavy atom. The van der Waals surface area contributed by atoms with Crippen LogP contribution in [0.3, 0.4) is 0 Å². The van der Waals surface area contributed by atoms with Gasteiger partial charge in [0.25, 0.3) is 0 Å². The molecule has 0 radical (unpaired) electrons. The van der Waals surface area contributed by atoms with E-state index in [4.69, 9.17) is 0 Å². The maximum absolute atomic E-state index is 9.44. The molecule has 0 saturated carbocycles. The van der Waals surface area contributed by atoms with Crippen LogP contribution in [0.1, 0.15) is 86.8 Å². The second-order valence-electron chi connectivity index (χ2n) is 7.68. The number of benzene rings is 2. The van der Waals surface area contributed by atoms with Gasteiger partial charge in [0.2, 0.25) is 0 Å². The van der Waals surface area contributed by atoms with E-state index in [-0.39, 0.29) is 0 Å². The van der Waals surface area contributed by atoms with E-state index in [9.17, 15) is 5.26 Å². The van der Waals surface area contributed by atoms with E-state index in [1.165, 1.54) is 47.1 Å². The number of nitriles is 1. The van der Waals surface area contributed by atoms with Crippen molar-refractivity contribution >= 4 is 11.3 Å². The summed E-state index contributed by atoms with van der Waals surface area (Å²) in [4.78, 5) is 0. The predicted octanol–water partition coefficient (Wildman–Crippen LogP) is 7.95. The van der Waals surface area contributed by atoms with Gasteiger partial charge in [-0.05, 0) is 79.6 Å². The van der Waals surface area contributed by atoms with Crippen molar-refractivity contribution in [2.75, 3.05) is 12.4 Å². The fourth-order valence-electron chi connectivity index (χ4n) is 3.55. The number of hydrogen-bond acceptors (Lipinski definition) is 2. The minimum absolute atomic E-state index is 0.749. The highest BCUT2D eigenvalue weighted by Crippen LogP contribution is 2.35. The Bertz CT molecular complexity index is 880. The molecule has 0 spiro atoms. The van der Waals surface area contributed by atoms with Crippen LogP contribution in [-0.2, 0) is 0 Å². The maximum Gasteiger partial charge on any atom is 0.0994 e. The number of nitrogens with one attached hydrogen (secondary N) is 1. The van der Waals surface area contributed by atoms with Crippen LogP contribution >= 0.6 is 0 Å². The third-order valence-corrected chi connectivity index (χ3v) is 5.50. The summed E-state index contributed by atoms with van der Waals surface area (Å²) in [5.41, 5.74) is 10.4. The minimum atomic E-state index is 0.749. The molecule has 0 aliphatic carbocycles. The van der Waals surface area contributed by atoms with Crippen molar-refractivity contribution in [1.29, 1.82) is 5.26 Å². The van der Waals surface area contributed by atoms with Crippen LogP contribution in [0, 0.1) is 32.1 Å². The molecule has 0 fully saturated rings. The highest BCUT2D eigenvalue weighted by atomic mass is 14.8. The number of anilines is 1. The molecule has 2 aromatic rings. The minimum Gasteiger partial charge on any atom is -0.388 e. The van der Waals surface area contributed by atoms with Gasteiger partial charge in [-0.1, -0.05) is 63.8 Å². The lowest BCUT2D eigenvalue weighted by atomic mass is 9.85. The number of nitrogens with zero attached hydrogens (tertiary/aromatic N) is 1. The predicted molar refractivity (Wildman–Crippen MR) is 129 cm³/mol. The summed E-state index contributed by atoms with van der Waals surface area (Å²) < 4.78 is 0. The topological polar surface area (TPSA) is 35.8 Å². The number of rotatable bonds is 6. The van der Waals surface area contributed by atoms with E-state index in [1.54, 1.807) is 0 Å². The van der Waals surface area contributed by atoms with Crippen molar-refractivity contribution in [3.63, 3.8) is 0 Å². The van der Waals surface area contributed by atoms with Gasteiger partial charge in [-0.25, -0.2) is 0 Å². The van der Waals surface area contributed by atoms with Crippen molar-refractivity contribution in [3.05, 3.63) is 69.3 Å². The summed E-state index contributed by atoms with van der Waals surface area (Å²) >= 11 is 0. The van der Waals surface area contributed by atoms with Crippen LogP contribution < -0.4 is 5.32 Å². The van der Waals surface area contributed by atoms with E-state index in [0.717, 1.165) is 28.8 Å². The van der Waals surface area contributed by atoms with E-state index in [1.807, 2.05) is 20.0 Å². The van der Waals surface area contributed by atoms with E-state index < -0.39 is 0 Å². The van der Waals surface area contributed by atoms with Crippen molar-refractivity contribution in [1.82, 2.24) is 0 Å². The molecule has 2 aromatic carbocycles. The number of hydrogen-bond donors (Lipinski definition) is 1. The molecule has 2 nitrogen and oxygen atoms in total. The van der Waals surface area contributed by atoms with Gasteiger partial charge in [0.15, 0.2) is 0 Å². The average molecular weight is 391 g/mol. The summed E-state index contributed by atoms with van der Waals surface area (Å²) in [7, 11) is 1.95. The van der Waals surface area contributed by atoms with Gasteiger partial charge in [-0.3, -0.25) is 0 Å². The van der Waals surface area contributed by atoms with Gasteiger partial charge in [0.05, 0.1) is 11.6 Å². The number of aryl methyl sites for hydroxylation is 2. The molecule has 0 aliphatic rings. The molecule has 0 atom stereocenters. The van der Waals surface area contributed by atoms with Gasteiger partial charge < -0.3 is 5.32 Å². The lowest BCUT2D eigenvalue weighted by molar-refractivity contribution is 0.772. The molecule has 0 aliphatic heterocycles. The SMILES string of the molecule is CC/C(C)=C(\c1cc(C#N)c(C)cc1C)c1cccc(NC)c1C.CCCCC. The average Bonchev–Trinajstić information content (AvgIpc) is 2.71. The largest absolute Gasteiger partial charge is 0.388 e. The van der Waals surface area contributed by atoms with Crippen LogP contribution in [0.2, 0.25) is 0 Å². The summed E-state index contributed by atoms with van der Waals surface area (Å²) in [6.45, 7) is 15.1. The van der Waals surface area contributed by atoms with Crippen LogP contribution in [0.5, 0.6) is 0 Å². The quantitative estimate of drug-likeness (QED) is 0.543. The van der Waals surface area contributed by atoms with Crippen molar-refractivity contribution in [3.8, 4) is 6.07 Å². The van der Waals surface area contributed by atoms with E-state index in [2.05, 4.69) is 77.2 Å². The first-order valence-corrected chi connectivity index (χ1v) is 10.8. The monoisotopic (exact) mass is 390 g/mol. The summed E-state index contributed by atoms with van der Waals surface area (Å²) in [6.07, 6.45) is 5.06. The summed E-state index contributed by atoms with van der Waals surface area (Å²) in [5, 5.41) is 12.7. The van der Waals surface area contributed by atoms with Gasteiger partial charge in [-0.15, -0.1) is 0 Å². The maximum atomic E-state index is 9.44. The standard InChI is InChI=1S/C22H26N2.C5H12/c1-7-14(2)22(19-9-8-10-21(24-6)17(19)5)20-12-18(13-23)15(3)11-16(20)4;1-3-5-4-2/h8-12,24H,7H2,1-6H3;3-5H2,1-2H3/b22-14-;. The summed E-state index contributed by atoms with van der Waals surface area (Å²) in [6, 6.07) is 12.9. The molecule has 0 heterocycles. The van der Waals surface area contributed by atoms with Gasteiger partial charge in [0.1, 0.15) is 0 Å². The smallest absolute Gasteiger partial charge is 0.0994 e. The molecule has 2 rings (SSSR count). The fraction of sp³-hybridized carbons (Fsp3) is 0.444. The highest BCUT2D eigenvalue weighted by Gasteiger charge is 2.16. The fourth-order valence-corrected chi connectivity index (χ4v) is 3.55. The van der Waals surface area contributed by atoms with Gasteiger partial charge in [0, 0.05) is 12.7 Å². The zero-order valence-electron chi connectivity index (χ0n) is 19.7. The van der Waals surface area contributed by atoms with Crippen molar-refractivity contribution in [2.24, 2.45) is 0 Å². The molecule has 0 bridgehead atoms. The molecular weight excluding hydrogens is 352 g/mol. The van der Waals surface area contributed by atoms with Crippen LogP contribution in [0.15, 0.2) is 35.9 Å². The van der Waals surface area contributed by atoms with E-state index >= 15 is 0 Å². The molecule has 2 heteroatoms. The van der Waals surface area contributed by atoms with Crippen LogP contribution in [0.4, 0.5) is 5.69 Å². The lowest BCUT2D eigenvalue weighted by Gasteiger charge is -2.20. The highest BCUT2D eigenvalue weighted by molar-refractivity contribution is 5.87. The summed E-state index contributed by atoms with van der Waals surface area (Å²) in [5.74, 6) is 0. The van der Waals surface area contributed by atoms with Crippen LogP contribution in [0.25, 0.3) is 5.57 Å². The van der Waals surface area contributed by atoms with Gasteiger partial charge in [-0.2, -0.15) is 5.26 Å². The van der Waals surface area contributed by atoms with Crippen molar-refractivity contribution < 1.29 is 0 Å². The van der Waals surface area contributed by atoms with E-state index in [0.29, 0.717) is 0 Å². The molecule has 1 N–H and O–H groups in total. The molecule has 29 heavy (non-hydrogen) atoms. The molecule has 0 aromatic heterocycles. The lowest BCUT2D eigenvalue weighted by Crippen LogP contribution is -2.02. The Kier molecular flexibility index (Phi) is 10.2. The van der Waals surface area contributed by atoms with Crippen LogP contribution in [-0.4, -0.2) is 7.05 Å². The second-order valence-corrected chi connectivity index (χ2v) is 7.68. The zero-order chi connectivity index (χ0) is 22.0. The van der Waals surface area contributed by atoms with Crippen molar-refractivity contribution in [2.45, 2.75) is 74.1 Å². The molecule has 156 valence electrons. The first-order valence-electron chi connectivity index (χ1n) is 10.8.